The molecule has 17 heavy (non-hydrogen) atoms. The largest absolute Gasteiger partial charge is 0.306 e. The molecule has 0 aromatic carbocycles. The van der Waals surface area contributed by atoms with Gasteiger partial charge in [0.05, 0.1) is 0 Å². The molecule has 1 saturated heterocycles. The Morgan fingerprint density at radius 2 is 1.88 bits per heavy atom. The van der Waals surface area contributed by atoms with E-state index < -0.39 is 0 Å². The van der Waals surface area contributed by atoms with Gasteiger partial charge in [-0.1, -0.05) is 13.8 Å². The maximum atomic E-state index is 11.5. The molecule has 0 spiro atoms. The van der Waals surface area contributed by atoms with Gasteiger partial charge in [0, 0.05) is 18.5 Å². The SMILES string of the molecule is CC(=O)C(C)(C)CN(C)CC1CCN(C)CC1. The molecular formula is C14H28N2O. The number of likely N-dealkylation sites (tertiary alicyclic amines) is 1. The summed E-state index contributed by atoms with van der Waals surface area (Å²) in [6, 6.07) is 0. The van der Waals surface area contributed by atoms with Crippen LogP contribution in [-0.4, -0.2) is 55.9 Å². The topological polar surface area (TPSA) is 23.6 Å². The minimum absolute atomic E-state index is 0.208. The molecule has 1 aliphatic heterocycles. The molecule has 0 amide bonds. The summed E-state index contributed by atoms with van der Waals surface area (Å²) >= 11 is 0. The highest BCUT2D eigenvalue weighted by molar-refractivity contribution is 5.81. The summed E-state index contributed by atoms with van der Waals surface area (Å²) in [5.41, 5.74) is -0.208. The van der Waals surface area contributed by atoms with E-state index in [0.717, 1.165) is 19.0 Å². The Labute approximate surface area is 106 Å². The maximum Gasteiger partial charge on any atom is 0.136 e. The lowest BCUT2D eigenvalue weighted by Crippen LogP contribution is -2.41. The summed E-state index contributed by atoms with van der Waals surface area (Å²) in [5.74, 6) is 1.09. The van der Waals surface area contributed by atoms with Crippen molar-refractivity contribution in [3.63, 3.8) is 0 Å². The van der Waals surface area contributed by atoms with Crippen LogP contribution in [0, 0.1) is 11.3 Å². The lowest BCUT2D eigenvalue weighted by atomic mass is 9.87. The van der Waals surface area contributed by atoms with Crippen molar-refractivity contribution in [3.05, 3.63) is 0 Å². The van der Waals surface area contributed by atoms with Crippen LogP contribution in [0.25, 0.3) is 0 Å². The van der Waals surface area contributed by atoms with Crippen LogP contribution in [0.4, 0.5) is 0 Å². The van der Waals surface area contributed by atoms with Crippen LogP contribution in [-0.2, 0) is 4.79 Å². The molecule has 100 valence electrons. The van der Waals surface area contributed by atoms with Gasteiger partial charge in [0.25, 0.3) is 0 Å². The molecule has 0 saturated carbocycles. The number of rotatable bonds is 5. The second kappa shape index (κ2) is 5.96. The summed E-state index contributed by atoms with van der Waals surface area (Å²) in [6.45, 7) is 10.2. The first-order chi connectivity index (χ1) is 7.81. The smallest absolute Gasteiger partial charge is 0.136 e. The Morgan fingerprint density at radius 1 is 1.35 bits per heavy atom. The molecule has 0 bridgehead atoms. The standard InChI is InChI=1S/C14H28N2O/c1-12(17)14(2,3)11-16(5)10-13-6-8-15(4)9-7-13/h13H,6-11H2,1-5H3. The average molecular weight is 240 g/mol. The van der Waals surface area contributed by atoms with E-state index in [1.807, 2.05) is 13.8 Å². The summed E-state index contributed by atoms with van der Waals surface area (Å²) in [4.78, 5) is 16.2. The number of Topliss-reactive ketones (excluding diaryl/α,β-unsaturated/α-hetero) is 1. The molecule has 0 unspecified atom stereocenters. The van der Waals surface area contributed by atoms with Gasteiger partial charge in [0.1, 0.15) is 5.78 Å². The van der Waals surface area contributed by atoms with Crippen molar-refractivity contribution in [1.29, 1.82) is 0 Å². The Hall–Kier alpha value is -0.410. The highest BCUT2D eigenvalue weighted by Crippen LogP contribution is 2.21. The molecule has 3 nitrogen and oxygen atoms in total. The quantitative estimate of drug-likeness (QED) is 0.733. The molecule has 0 aromatic heterocycles. The summed E-state index contributed by atoms with van der Waals surface area (Å²) < 4.78 is 0. The molecule has 1 fully saturated rings. The van der Waals surface area contributed by atoms with Gasteiger partial charge in [-0.2, -0.15) is 0 Å². The highest BCUT2D eigenvalue weighted by Gasteiger charge is 2.26. The van der Waals surface area contributed by atoms with Crippen molar-refractivity contribution in [1.82, 2.24) is 9.80 Å². The summed E-state index contributed by atoms with van der Waals surface area (Å²) in [6.07, 6.45) is 2.59. The van der Waals surface area contributed by atoms with Crippen molar-refractivity contribution in [2.45, 2.75) is 33.6 Å². The number of carbonyl (C=O) groups is 1. The minimum atomic E-state index is -0.208. The van der Waals surface area contributed by atoms with Crippen LogP contribution in [0.15, 0.2) is 0 Å². The van der Waals surface area contributed by atoms with Crippen molar-refractivity contribution >= 4 is 5.78 Å². The lowest BCUT2D eigenvalue weighted by Gasteiger charge is -2.34. The molecule has 1 heterocycles. The highest BCUT2D eigenvalue weighted by atomic mass is 16.1. The average Bonchev–Trinajstić information content (AvgIpc) is 2.20. The van der Waals surface area contributed by atoms with Gasteiger partial charge in [0.15, 0.2) is 0 Å². The second-order valence-corrected chi connectivity index (χ2v) is 6.38. The van der Waals surface area contributed by atoms with Gasteiger partial charge in [0.2, 0.25) is 0 Å². The van der Waals surface area contributed by atoms with Crippen LogP contribution in [0.3, 0.4) is 0 Å². The number of hydrogen-bond donors (Lipinski definition) is 0. The number of piperidine rings is 1. The summed E-state index contributed by atoms with van der Waals surface area (Å²) in [7, 11) is 4.34. The lowest BCUT2D eigenvalue weighted by molar-refractivity contribution is -0.125. The van der Waals surface area contributed by atoms with Crippen molar-refractivity contribution in [2.75, 3.05) is 40.3 Å². The first-order valence-corrected chi connectivity index (χ1v) is 6.69. The third kappa shape index (κ3) is 4.76. The van der Waals surface area contributed by atoms with E-state index in [0.29, 0.717) is 0 Å². The molecule has 0 atom stereocenters. The molecule has 1 aliphatic rings. The Kier molecular flexibility index (Phi) is 5.14. The third-order valence-corrected chi connectivity index (χ3v) is 4.03. The second-order valence-electron chi connectivity index (χ2n) is 6.38. The Bertz CT molecular complexity index is 255. The number of nitrogens with zero attached hydrogens (tertiary/aromatic N) is 2. The molecular weight excluding hydrogens is 212 g/mol. The predicted molar refractivity (Wildman–Crippen MR) is 72.2 cm³/mol. The van der Waals surface area contributed by atoms with E-state index in [4.69, 9.17) is 0 Å². The molecule has 0 aromatic rings. The Morgan fingerprint density at radius 3 is 2.35 bits per heavy atom. The molecule has 0 radical (unpaired) electrons. The van der Waals surface area contributed by atoms with E-state index in [2.05, 4.69) is 23.9 Å². The Balaban J connectivity index is 2.34. The van der Waals surface area contributed by atoms with Gasteiger partial charge in [-0.05, 0) is 52.9 Å². The van der Waals surface area contributed by atoms with Crippen molar-refractivity contribution in [2.24, 2.45) is 11.3 Å². The van der Waals surface area contributed by atoms with Gasteiger partial charge in [-0.25, -0.2) is 0 Å². The van der Waals surface area contributed by atoms with E-state index in [1.54, 1.807) is 6.92 Å². The van der Waals surface area contributed by atoms with E-state index in [9.17, 15) is 4.79 Å². The van der Waals surface area contributed by atoms with Crippen LogP contribution in [0.5, 0.6) is 0 Å². The van der Waals surface area contributed by atoms with Crippen LogP contribution >= 0.6 is 0 Å². The third-order valence-electron chi connectivity index (χ3n) is 4.03. The van der Waals surface area contributed by atoms with Crippen LogP contribution in [0.1, 0.15) is 33.6 Å². The van der Waals surface area contributed by atoms with Crippen molar-refractivity contribution < 1.29 is 4.79 Å². The van der Waals surface area contributed by atoms with E-state index in [-0.39, 0.29) is 11.2 Å². The maximum absolute atomic E-state index is 11.5. The number of carbonyl (C=O) groups excluding carboxylic acids is 1. The first-order valence-electron chi connectivity index (χ1n) is 6.69. The fourth-order valence-corrected chi connectivity index (χ4v) is 2.54. The van der Waals surface area contributed by atoms with Crippen LogP contribution in [0.2, 0.25) is 0 Å². The van der Waals surface area contributed by atoms with E-state index >= 15 is 0 Å². The zero-order chi connectivity index (χ0) is 13.1. The monoisotopic (exact) mass is 240 g/mol. The zero-order valence-electron chi connectivity index (χ0n) is 12.1. The zero-order valence-corrected chi connectivity index (χ0v) is 12.1. The van der Waals surface area contributed by atoms with E-state index in [1.165, 1.54) is 25.9 Å². The van der Waals surface area contributed by atoms with Gasteiger partial charge in [-0.15, -0.1) is 0 Å². The predicted octanol–water partition coefficient (Wildman–Crippen LogP) is 1.88. The number of hydrogen-bond acceptors (Lipinski definition) is 3. The van der Waals surface area contributed by atoms with Crippen LogP contribution < -0.4 is 0 Å². The minimum Gasteiger partial charge on any atom is -0.306 e. The molecule has 3 heteroatoms. The van der Waals surface area contributed by atoms with Gasteiger partial charge in [-0.3, -0.25) is 4.79 Å². The first kappa shape index (κ1) is 14.7. The van der Waals surface area contributed by atoms with Crippen molar-refractivity contribution in [3.8, 4) is 0 Å². The molecule has 0 aliphatic carbocycles. The normalized spacial score (nSPS) is 19.9. The van der Waals surface area contributed by atoms with Gasteiger partial charge < -0.3 is 9.80 Å². The number of ketones is 1. The van der Waals surface area contributed by atoms with Gasteiger partial charge >= 0.3 is 0 Å². The molecule has 0 N–H and O–H groups in total. The fourth-order valence-electron chi connectivity index (χ4n) is 2.54. The fraction of sp³-hybridized carbons (Fsp3) is 0.929. The molecule has 1 rings (SSSR count). The summed E-state index contributed by atoms with van der Waals surface area (Å²) in [5, 5.41) is 0.